The maximum Gasteiger partial charge on any atom is 0.737 e. The lowest BCUT2D eigenvalue weighted by molar-refractivity contribution is -0.363. The van der Waals surface area contributed by atoms with E-state index in [4.69, 9.17) is 4.74 Å². The second-order valence-electron chi connectivity index (χ2n) is 8.30. The molecule has 0 N–H and O–H groups in total. The molecule has 0 spiro atoms. The molecule has 0 fully saturated rings. The predicted octanol–water partition coefficient (Wildman–Crippen LogP) is 6.65. The van der Waals surface area contributed by atoms with Crippen LogP contribution < -0.4 is 4.74 Å². The van der Waals surface area contributed by atoms with E-state index in [1.807, 2.05) is 59.7 Å². The van der Waals surface area contributed by atoms with Crippen LogP contribution in [0.4, 0.5) is 8.63 Å². The van der Waals surface area contributed by atoms with Crippen LogP contribution in [0.25, 0.3) is 5.57 Å². The molecule has 2 aliphatic rings. The van der Waals surface area contributed by atoms with Crippen molar-refractivity contribution >= 4 is 34.2 Å². The van der Waals surface area contributed by atoms with Gasteiger partial charge in [-0.25, -0.2) is 0 Å². The Kier molecular flexibility index (Phi) is 5.32. The lowest BCUT2D eigenvalue weighted by atomic mass is 9.83. The Morgan fingerprint density at radius 1 is 1.10 bits per heavy atom. The molecule has 7 heteroatoms. The molecule has 0 radical (unpaired) electrons. The number of ether oxygens (including phenoxy) is 1. The molecule has 1 aromatic carbocycles. The van der Waals surface area contributed by atoms with E-state index in [1.165, 1.54) is 8.96 Å². The van der Waals surface area contributed by atoms with E-state index >= 15 is 8.63 Å². The van der Waals surface area contributed by atoms with Gasteiger partial charge in [-0.3, -0.25) is 0 Å². The average molecular weight is 489 g/mol. The van der Waals surface area contributed by atoms with Crippen LogP contribution in [0.2, 0.25) is 0 Å². The van der Waals surface area contributed by atoms with E-state index in [-0.39, 0.29) is 0 Å². The number of allylic oxidation sites excluding steroid dienone is 2. The molecule has 0 saturated heterocycles. The molecule has 0 bridgehead atoms. The quantitative estimate of drug-likeness (QED) is 0.440. The Bertz CT molecular complexity index is 1220. The van der Waals surface area contributed by atoms with Crippen molar-refractivity contribution in [1.82, 2.24) is 4.48 Å². The van der Waals surface area contributed by atoms with Gasteiger partial charge in [0.2, 0.25) is 0 Å². The highest BCUT2D eigenvalue weighted by atomic mass is 79.9. The summed E-state index contributed by atoms with van der Waals surface area (Å²) >= 11 is 3.69. The first-order valence-corrected chi connectivity index (χ1v) is 11.6. The number of hydrogen-bond donors (Lipinski definition) is 0. The Balaban J connectivity index is 2.29. The SMILES string of the molecule is CCC1=C(C)C2=C(c3c(Br)cccc3OC)c3c(C)c(CC)c(C)n3[B-](F)(F)[N+]2=C1C. The van der Waals surface area contributed by atoms with Gasteiger partial charge in [0, 0.05) is 33.8 Å². The topological polar surface area (TPSA) is 17.2 Å². The zero-order valence-electron chi connectivity index (χ0n) is 19.2. The summed E-state index contributed by atoms with van der Waals surface area (Å²) in [4.78, 5) is 0. The van der Waals surface area contributed by atoms with Crippen LogP contribution >= 0.6 is 15.9 Å². The second-order valence-corrected chi connectivity index (χ2v) is 9.16. The minimum atomic E-state index is -4.03. The Labute approximate surface area is 191 Å². The fraction of sp³-hybridized carbons (Fsp3) is 0.375. The van der Waals surface area contributed by atoms with Crippen LogP contribution in [-0.4, -0.2) is 28.8 Å². The van der Waals surface area contributed by atoms with Crippen LogP contribution in [0.1, 0.15) is 62.2 Å². The summed E-state index contributed by atoms with van der Waals surface area (Å²) < 4.78 is 41.7. The molecular formula is C24H28BBrF2N2O. The molecule has 1 aromatic heterocycles. The van der Waals surface area contributed by atoms with Gasteiger partial charge in [0.15, 0.2) is 5.70 Å². The minimum Gasteiger partial charge on any atom is -0.496 e. The summed E-state index contributed by atoms with van der Waals surface area (Å²) in [6.07, 6.45) is 1.41. The first-order valence-electron chi connectivity index (χ1n) is 10.8. The van der Waals surface area contributed by atoms with Crippen LogP contribution in [-0.2, 0) is 6.42 Å². The molecule has 3 heterocycles. The van der Waals surface area contributed by atoms with Gasteiger partial charge in [0.1, 0.15) is 11.5 Å². The maximum absolute atomic E-state index is 16.3. The molecule has 0 saturated carbocycles. The van der Waals surface area contributed by atoms with Gasteiger partial charge in [-0.15, -0.1) is 0 Å². The molecule has 3 nitrogen and oxygen atoms in total. The van der Waals surface area contributed by atoms with Gasteiger partial charge in [0.05, 0.1) is 12.7 Å². The fourth-order valence-electron chi connectivity index (χ4n) is 5.63. The third-order valence-electron chi connectivity index (χ3n) is 6.94. The van der Waals surface area contributed by atoms with Gasteiger partial charge in [-0.2, -0.15) is 0 Å². The number of rotatable bonds is 4. The average Bonchev–Trinajstić information content (AvgIpc) is 3.13. The summed E-state index contributed by atoms with van der Waals surface area (Å²) in [5, 5.41) is 0. The van der Waals surface area contributed by atoms with Gasteiger partial charge in [-0.05, 0) is 62.6 Å². The number of hydrogen-bond acceptors (Lipinski definition) is 1. The smallest absolute Gasteiger partial charge is 0.496 e. The van der Waals surface area contributed by atoms with Crippen molar-refractivity contribution < 1.29 is 17.9 Å². The van der Waals surface area contributed by atoms with Crippen molar-refractivity contribution in [2.45, 2.75) is 54.4 Å². The maximum atomic E-state index is 16.3. The number of aromatic nitrogens is 1. The number of benzene rings is 1. The lowest BCUT2D eigenvalue weighted by Crippen LogP contribution is -2.51. The number of methoxy groups -OCH3 is 1. The summed E-state index contributed by atoms with van der Waals surface area (Å²) in [5.41, 5.74) is 7.88. The van der Waals surface area contributed by atoms with Crippen molar-refractivity contribution in [3.63, 3.8) is 0 Å². The number of fused-ring (bicyclic) bond motifs is 2. The van der Waals surface area contributed by atoms with E-state index in [2.05, 4.69) is 15.9 Å². The van der Waals surface area contributed by atoms with Crippen molar-refractivity contribution in [2.24, 2.45) is 0 Å². The van der Waals surface area contributed by atoms with E-state index in [9.17, 15) is 0 Å². The summed E-state index contributed by atoms with van der Waals surface area (Å²) in [6.45, 7) is 7.59. The largest absolute Gasteiger partial charge is 0.737 e. The molecule has 2 aliphatic heterocycles. The van der Waals surface area contributed by atoms with Crippen molar-refractivity contribution in [2.75, 3.05) is 7.11 Å². The van der Waals surface area contributed by atoms with Gasteiger partial charge >= 0.3 is 6.97 Å². The number of halogens is 3. The normalized spacial score (nSPS) is 17.5. The predicted molar refractivity (Wildman–Crippen MR) is 127 cm³/mol. The highest BCUT2D eigenvalue weighted by Gasteiger charge is 2.57. The lowest BCUT2D eigenvalue weighted by Gasteiger charge is -2.34. The van der Waals surface area contributed by atoms with Crippen molar-refractivity contribution in [1.29, 1.82) is 0 Å². The van der Waals surface area contributed by atoms with E-state index < -0.39 is 6.97 Å². The zero-order chi connectivity index (χ0) is 22.8. The third-order valence-corrected chi connectivity index (χ3v) is 7.60. The molecule has 2 aromatic rings. The summed E-state index contributed by atoms with van der Waals surface area (Å²) in [7, 11) is 1.62. The van der Waals surface area contributed by atoms with Gasteiger partial charge in [-0.1, -0.05) is 35.8 Å². The minimum absolute atomic E-state index is 0.598. The molecule has 164 valence electrons. The van der Waals surface area contributed by atoms with E-state index in [1.54, 1.807) is 7.11 Å². The standard InChI is InChI=1S/C24H28BBrF2N2O/c1-8-17-13(3)23-22(21-19(26)11-10-12-20(21)31-7)24-14(4)18(9-2)16(6)30(24)25(27,28)29(23)15(17)5/h10-12H,8-9H2,1-7H3. The molecular weight excluding hydrogens is 461 g/mol. The van der Waals surface area contributed by atoms with Crippen molar-refractivity contribution in [3.05, 3.63) is 67.6 Å². The van der Waals surface area contributed by atoms with Crippen LogP contribution in [0, 0.1) is 13.8 Å². The van der Waals surface area contributed by atoms with Crippen LogP contribution in [0.15, 0.2) is 39.5 Å². The van der Waals surface area contributed by atoms with Gasteiger partial charge in [0.25, 0.3) is 0 Å². The van der Waals surface area contributed by atoms with Crippen LogP contribution in [0.3, 0.4) is 0 Å². The van der Waals surface area contributed by atoms with Gasteiger partial charge < -0.3 is 22.3 Å². The molecule has 4 rings (SSSR count). The zero-order valence-corrected chi connectivity index (χ0v) is 20.7. The Hall–Kier alpha value is -2.15. The first-order chi connectivity index (χ1) is 14.6. The Morgan fingerprint density at radius 3 is 2.35 bits per heavy atom. The second kappa shape index (κ2) is 7.47. The molecule has 0 unspecified atom stereocenters. The highest BCUT2D eigenvalue weighted by molar-refractivity contribution is 9.10. The fourth-order valence-corrected chi connectivity index (χ4v) is 6.18. The highest BCUT2D eigenvalue weighted by Crippen LogP contribution is 2.50. The van der Waals surface area contributed by atoms with Crippen molar-refractivity contribution in [3.8, 4) is 5.75 Å². The first kappa shape index (κ1) is 22.1. The summed E-state index contributed by atoms with van der Waals surface area (Å²) in [5.74, 6) is 0.660. The monoisotopic (exact) mass is 488 g/mol. The molecule has 0 atom stereocenters. The van der Waals surface area contributed by atoms with E-state index in [0.29, 0.717) is 41.4 Å². The summed E-state index contributed by atoms with van der Waals surface area (Å²) in [6, 6.07) is 5.73. The number of nitrogens with zero attached hydrogens (tertiary/aromatic N) is 2. The molecule has 0 amide bonds. The molecule has 0 aliphatic carbocycles. The van der Waals surface area contributed by atoms with E-state index in [0.717, 1.165) is 37.9 Å². The van der Waals surface area contributed by atoms with Crippen LogP contribution in [0.5, 0.6) is 5.75 Å². The Morgan fingerprint density at radius 2 is 1.77 bits per heavy atom. The molecule has 31 heavy (non-hydrogen) atoms. The third kappa shape index (κ3) is 2.78.